The van der Waals surface area contributed by atoms with E-state index in [1.165, 1.54) is 31.4 Å². The van der Waals surface area contributed by atoms with E-state index in [0.29, 0.717) is 49.2 Å². The lowest BCUT2D eigenvalue weighted by Crippen LogP contribution is -2.36. The van der Waals surface area contributed by atoms with Crippen molar-refractivity contribution in [2.75, 3.05) is 56.8 Å². The Bertz CT molecular complexity index is 1030. The molecule has 10 heteroatoms. The number of nitrogens with one attached hydrogen (secondary N) is 1. The number of hydrogen-bond acceptors (Lipinski definition) is 7. The quantitative estimate of drug-likeness (QED) is 0.460. The SMILES string of the molecule is CCOc1cc(N2CCOCC2)c(OCC)cc1NC(=O)/C=C/c1ccc(OC(F)F)c(OC)c1. The van der Waals surface area contributed by atoms with Gasteiger partial charge in [-0.25, -0.2) is 0 Å². The van der Waals surface area contributed by atoms with E-state index < -0.39 is 12.5 Å². The number of alkyl halides is 2. The van der Waals surface area contributed by atoms with E-state index in [4.69, 9.17) is 18.9 Å². The Morgan fingerprint density at radius 1 is 1.06 bits per heavy atom. The predicted molar refractivity (Wildman–Crippen MR) is 129 cm³/mol. The maximum absolute atomic E-state index is 12.7. The summed E-state index contributed by atoms with van der Waals surface area (Å²) in [7, 11) is 1.35. The lowest BCUT2D eigenvalue weighted by Gasteiger charge is -2.31. The summed E-state index contributed by atoms with van der Waals surface area (Å²) in [4.78, 5) is 14.9. The number of morpholine rings is 1. The molecular formula is C25H30F2N2O6. The Morgan fingerprint density at radius 2 is 1.77 bits per heavy atom. The molecule has 0 radical (unpaired) electrons. The van der Waals surface area contributed by atoms with E-state index >= 15 is 0 Å². The fourth-order valence-corrected chi connectivity index (χ4v) is 3.57. The summed E-state index contributed by atoms with van der Waals surface area (Å²) in [6.45, 7) is 4.38. The molecule has 0 saturated carbocycles. The Kier molecular flexibility index (Phi) is 9.54. The van der Waals surface area contributed by atoms with Crippen LogP contribution in [0.5, 0.6) is 23.0 Å². The maximum Gasteiger partial charge on any atom is 0.387 e. The summed E-state index contributed by atoms with van der Waals surface area (Å²) in [6, 6.07) is 8.02. The summed E-state index contributed by atoms with van der Waals surface area (Å²) < 4.78 is 51.7. The van der Waals surface area contributed by atoms with Gasteiger partial charge in [0.05, 0.1) is 44.9 Å². The monoisotopic (exact) mass is 492 g/mol. The molecule has 1 aliphatic rings. The average molecular weight is 493 g/mol. The number of nitrogens with zero attached hydrogens (tertiary/aromatic N) is 1. The van der Waals surface area contributed by atoms with Crippen LogP contribution < -0.4 is 29.2 Å². The Labute approximate surface area is 203 Å². The summed E-state index contributed by atoms with van der Waals surface area (Å²) in [5, 5.41) is 2.83. The van der Waals surface area contributed by atoms with Gasteiger partial charge in [0.15, 0.2) is 11.5 Å². The molecule has 1 heterocycles. The number of halogens is 2. The number of anilines is 2. The zero-order valence-corrected chi connectivity index (χ0v) is 20.0. The highest BCUT2D eigenvalue weighted by Crippen LogP contribution is 2.39. The van der Waals surface area contributed by atoms with Crippen LogP contribution in [0.15, 0.2) is 36.4 Å². The van der Waals surface area contributed by atoms with E-state index in [2.05, 4.69) is 15.0 Å². The number of amides is 1. The maximum atomic E-state index is 12.7. The first-order valence-electron chi connectivity index (χ1n) is 11.3. The van der Waals surface area contributed by atoms with Gasteiger partial charge in [-0.05, 0) is 37.6 Å². The molecule has 0 aliphatic carbocycles. The van der Waals surface area contributed by atoms with Crippen LogP contribution in [-0.4, -0.2) is 59.1 Å². The largest absolute Gasteiger partial charge is 0.493 e. The molecule has 3 rings (SSSR count). The fraction of sp³-hybridized carbons (Fsp3) is 0.400. The second kappa shape index (κ2) is 12.8. The first kappa shape index (κ1) is 26.1. The fourth-order valence-electron chi connectivity index (χ4n) is 3.57. The van der Waals surface area contributed by atoms with Gasteiger partial charge in [-0.2, -0.15) is 8.78 Å². The molecule has 0 spiro atoms. The molecule has 2 aromatic rings. The van der Waals surface area contributed by atoms with Crippen molar-refractivity contribution in [3.05, 3.63) is 42.0 Å². The first-order chi connectivity index (χ1) is 16.9. The van der Waals surface area contributed by atoms with E-state index in [1.54, 1.807) is 12.1 Å². The van der Waals surface area contributed by atoms with E-state index in [9.17, 15) is 13.6 Å². The van der Waals surface area contributed by atoms with Crippen LogP contribution in [-0.2, 0) is 9.53 Å². The molecule has 0 atom stereocenters. The summed E-state index contributed by atoms with van der Waals surface area (Å²) in [5.41, 5.74) is 1.92. The van der Waals surface area contributed by atoms with Gasteiger partial charge in [0.25, 0.3) is 0 Å². The van der Waals surface area contributed by atoms with Crippen LogP contribution in [0.3, 0.4) is 0 Å². The topological polar surface area (TPSA) is 78.5 Å². The Balaban J connectivity index is 1.80. The van der Waals surface area contributed by atoms with Gasteiger partial charge in [-0.3, -0.25) is 4.79 Å². The molecule has 190 valence electrons. The normalized spacial score (nSPS) is 13.7. The van der Waals surface area contributed by atoms with Crippen LogP contribution in [0.25, 0.3) is 6.08 Å². The van der Waals surface area contributed by atoms with Crippen LogP contribution in [0, 0.1) is 0 Å². The van der Waals surface area contributed by atoms with E-state index in [-0.39, 0.29) is 11.5 Å². The van der Waals surface area contributed by atoms with Gasteiger partial charge < -0.3 is 33.9 Å². The zero-order valence-electron chi connectivity index (χ0n) is 20.0. The average Bonchev–Trinajstić information content (AvgIpc) is 2.85. The highest BCUT2D eigenvalue weighted by atomic mass is 19.3. The molecule has 0 bridgehead atoms. The van der Waals surface area contributed by atoms with Gasteiger partial charge in [-0.15, -0.1) is 0 Å². The lowest BCUT2D eigenvalue weighted by molar-refractivity contribution is -0.111. The number of rotatable bonds is 11. The first-order valence-corrected chi connectivity index (χ1v) is 11.3. The number of methoxy groups -OCH3 is 1. The van der Waals surface area contributed by atoms with E-state index in [1.807, 2.05) is 19.9 Å². The predicted octanol–water partition coefficient (Wildman–Crippen LogP) is 4.58. The van der Waals surface area contributed by atoms with Crippen molar-refractivity contribution in [2.24, 2.45) is 0 Å². The van der Waals surface area contributed by atoms with Crippen molar-refractivity contribution in [2.45, 2.75) is 20.5 Å². The minimum absolute atomic E-state index is 0.0886. The van der Waals surface area contributed by atoms with Crippen molar-refractivity contribution >= 4 is 23.4 Å². The highest BCUT2D eigenvalue weighted by molar-refractivity contribution is 6.03. The second-order valence-electron chi connectivity index (χ2n) is 7.39. The molecule has 0 aromatic heterocycles. The number of ether oxygens (including phenoxy) is 5. The summed E-state index contributed by atoms with van der Waals surface area (Å²) in [6.07, 6.45) is 2.87. The third-order valence-electron chi connectivity index (χ3n) is 5.10. The second-order valence-corrected chi connectivity index (χ2v) is 7.39. The molecular weight excluding hydrogens is 462 g/mol. The van der Waals surface area contributed by atoms with Gasteiger partial charge in [-0.1, -0.05) is 6.07 Å². The third kappa shape index (κ3) is 7.22. The van der Waals surface area contributed by atoms with Gasteiger partial charge >= 0.3 is 6.61 Å². The minimum atomic E-state index is -2.97. The molecule has 1 N–H and O–H groups in total. The molecule has 2 aromatic carbocycles. The molecule has 0 unspecified atom stereocenters. The number of carbonyl (C=O) groups excluding carboxylic acids is 1. The Morgan fingerprint density at radius 3 is 2.43 bits per heavy atom. The number of carbonyl (C=O) groups is 1. The van der Waals surface area contributed by atoms with Crippen molar-refractivity contribution < 1.29 is 37.3 Å². The standard InChI is InChI=1S/C25H30F2N2O6/c1-4-33-21-16-19(29-10-12-32-13-11-29)22(34-5-2)15-18(21)28-24(30)9-7-17-6-8-20(35-25(26)27)23(14-17)31-3/h6-9,14-16,25H,4-5,10-13H2,1-3H3,(H,28,30)/b9-7+. The van der Waals surface area contributed by atoms with Crippen LogP contribution in [0.4, 0.5) is 20.2 Å². The van der Waals surface area contributed by atoms with Crippen LogP contribution in [0.1, 0.15) is 19.4 Å². The van der Waals surface area contributed by atoms with Crippen molar-refractivity contribution in [1.29, 1.82) is 0 Å². The third-order valence-corrected chi connectivity index (χ3v) is 5.10. The van der Waals surface area contributed by atoms with Gasteiger partial charge in [0.1, 0.15) is 11.5 Å². The molecule has 1 fully saturated rings. The van der Waals surface area contributed by atoms with Gasteiger partial charge in [0.2, 0.25) is 5.91 Å². The lowest BCUT2D eigenvalue weighted by atomic mass is 10.1. The summed E-state index contributed by atoms with van der Waals surface area (Å²) in [5.74, 6) is 0.797. The summed E-state index contributed by atoms with van der Waals surface area (Å²) >= 11 is 0. The molecule has 8 nitrogen and oxygen atoms in total. The molecule has 1 saturated heterocycles. The molecule has 35 heavy (non-hydrogen) atoms. The molecule has 1 aliphatic heterocycles. The van der Waals surface area contributed by atoms with E-state index in [0.717, 1.165) is 18.8 Å². The van der Waals surface area contributed by atoms with Crippen LogP contribution in [0.2, 0.25) is 0 Å². The molecule has 1 amide bonds. The Hall–Kier alpha value is -3.53. The highest BCUT2D eigenvalue weighted by Gasteiger charge is 2.20. The van der Waals surface area contributed by atoms with Crippen molar-refractivity contribution in [3.63, 3.8) is 0 Å². The number of hydrogen-bond donors (Lipinski definition) is 1. The number of benzene rings is 2. The zero-order chi connectivity index (χ0) is 25.2. The minimum Gasteiger partial charge on any atom is -0.493 e. The van der Waals surface area contributed by atoms with Crippen molar-refractivity contribution in [3.8, 4) is 23.0 Å². The smallest absolute Gasteiger partial charge is 0.387 e. The van der Waals surface area contributed by atoms with Crippen LogP contribution >= 0.6 is 0 Å². The van der Waals surface area contributed by atoms with Crippen molar-refractivity contribution in [1.82, 2.24) is 0 Å². The van der Waals surface area contributed by atoms with Gasteiger partial charge in [0, 0.05) is 31.3 Å².